The van der Waals surface area contributed by atoms with Crippen LogP contribution in [0.5, 0.6) is 0 Å². The summed E-state index contributed by atoms with van der Waals surface area (Å²) in [5, 5.41) is 4.83. The molecule has 0 amide bonds. The second-order valence-electron chi connectivity index (χ2n) is 6.00. The second kappa shape index (κ2) is 4.74. The van der Waals surface area contributed by atoms with E-state index in [4.69, 9.17) is 0 Å². The molecule has 0 bridgehead atoms. The van der Waals surface area contributed by atoms with E-state index in [0.29, 0.717) is 12.0 Å². The van der Waals surface area contributed by atoms with Crippen LogP contribution in [0.1, 0.15) is 40.6 Å². The quantitative estimate of drug-likeness (QED) is 0.718. The van der Waals surface area contributed by atoms with Gasteiger partial charge in [-0.3, -0.25) is 0 Å². The molecular weight excluding hydrogens is 256 g/mol. The minimum Gasteiger partial charge on any atom is -0.361 e. The number of H-pyrrole nitrogens is 1. The molecule has 0 radical (unpaired) electrons. The van der Waals surface area contributed by atoms with Crippen molar-refractivity contribution < 1.29 is 0 Å². The largest absolute Gasteiger partial charge is 0.361 e. The Labute approximate surface area is 125 Å². The highest BCUT2D eigenvalue weighted by Gasteiger charge is 2.31. The number of benzene rings is 2. The molecule has 3 aromatic rings. The van der Waals surface area contributed by atoms with Crippen LogP contribution < -0.4 is 5.32 Å². The van der Waals surface area contributed by atoms with Crippen LogP contribution in [0, 0.1) is 6.92 Å². The lowest BCUT2D eigenvalue weighted by atomic mass is 9.92. The fourth-order valence-electron chi connectivity index (χ4n) is 3.82. The maximum absolute atomic E-state index is 3.48. The molecule has 21 heavy (non-hydrogen) atoms. The lowest BCUT2D eigenvalue weighted by Crippen LogP contribution is -2.13. The first-order chi connectivity index (χ1) is 10.3. The Morgan fingerprint density at radius 3 is 2.62 bits per heavy atom. The number of fused-ring (bicyclic) bond motifs is 2. The van der Waals surface area contributed by atoms with Crippen molar-refractivity contribution in [2.24, 2.45) is 0 Å². The van der Waals surface area contributed by atoms with Gasteiger partial charge in [-0.1, -0.05) is 42.5 Å². The molecule has 2 atom stereocenters. The van der Waals surface area contributed by atoms with Crippen molar-refractivity contribution in [3.63, 3.8) is 0 Å². The number of hydrogen-bond acceptors (Lipinski definition) is 1. The number of nitrogens with one attached hydrogen (secondary N) is 2. The summed E-state index contributed by atoms with van der Waals surface area (Å²) in [7, 11) is 2.06. The molecule has 2 aromatic carbocycles. The van der Waals surface area contributed by atoms with Gasteiger partial charge < -0.3 is 10.3 Å². The second-order valence-corrected chi connectivity index (χ2v) is 6.00. The minimum atomic E-state index is 0.459. The molecule has 0 fully saturated rings. The number of hydrogen-bond donors (Lipinski definition) is 2. The van der Waals surface area contributed by atoms with E-state index in [1.54, 1.807) is 0 Å². The first-order valence-electron chi connectivity index (χ1n) is 7.62. The van der Waals surface area contributed by atoms with Crippen LogP contribution >= 0.6 is 0 Å². The summed E-state index contributed by atoms with van der Waals surface area (Å²) in [6, 6.07) is 15.9. The highest BCUT2D eigenvalue weighted by molar-refractivity contribution is 5.87. The van der Waals surface area contributed by atoms with Crippen LogP contribution in [0.25, 0.3) is 10.9 Å². The van der Waals surface area contributed by atoms with Crippen LogP contribution in [0.3, 0.4) is 0 Å². The summed E-state index contributed by atoms with van der Waals surface area (Å²) >= 11 is 0. The molecular formula is C19H20N2. The van der Waals surface area contributed by atoms with E-state index >= 15 is 0 Å². The lowest BCUT2D eigenvalue weighted by Gasteiger charge is -2.11. The average molecular weight is 276 g/mol. The van der Waals surface area contributed by atoms with E-state index in [0.717, 1.165) is 6.42 Å². The van der Waals surface area contributed by atoms with E-state index in [-0.39, 0.29) is 0 Å². The highest BCUT2D eigenvalue weighted by atomic mass is 14.9. The maximum atomic E-state index is 3.48. The van der Waals surface area contributed by atoms with Crippen molar-refractivity contribution in [3.8, 4) is 0 Å². The van der Waals surface area contributed by atoms with Gasteiger partial charge in [0.2, 0.25) is 0 Å². The molecule has 0 spiro atoms. The molecule has 2 nitrogen and oxygen atoms in total. The van der Waals surface area contributed by atoms with Gasteiger partial charge in [0.1, 0.15) is 0 Å². The Bertz CT molecular complexity index is 800. The third kappa shape index (κ3) is 1.83. The van der Waals surface area contributed by atoms with Gasteiger partial charge in [-0.15, -0.1) is 0 Å². The standard InChI is InChI=1S/C19H20N2/c1-12-6-5-9-15-17(11-21-19(12)15)16-10-18(20-2)14-8-4-3-7-13(14)16/h3-9,11,16,18,20-21H,10H2,1-2H3. The van der Waals surface area contributed by atoms with Crippen molar-refractivity contribution in [2.45, 2.75) is 25.3 Å². The molecule has 0 saturated carbocycles. The van der Waals surface area contributed by atoms with E-state index in [1.807, 2.05) is 0 Å². The molecule has 0 aliphatic heterocycles. The lowest BCUT2D eigenvalue weighted by molar-refractivity contribution is 0.566. The number of aromatic nitrogens is 1. The van der Waals surface area contributed by atoms with Crippen LogP contribution in [0.15, 0.2) is 48.7 Å². The van der Waals surface area contributed by atoms with Crippen molar-refractivity contribution in [2.75, 3.05) is 7.05 Å². The van der Waals surface area contributed by atoms with Gasteiger partial charge in [-0.25, -0.2) is 0 Å². The Morgan fingerprint density at radius 1 is 1.00 bits per heavy atom. The van der Waals surface area contributed by atoms with E-state index in [9.17, 15) is 0 Å². The van der Waals surface area contributed by atoms with E-state index in [1.165, 1.54) is 33.2 Å². The molecule has 106 valence electrons. The van der Waals surface area contributed by atoms with E-state index < -0.39 is 0 Å². The van der Waals surface area contributed by atoms with Crippen molar-refractivity contribution in [3.05, 3.63) is 70.9 Å². The summed E-state index contributed by atoms with van der Waals surface area (Å²) in [4.78, 5) is 3.48. The maximum Gasteiger partial charge on any atom is 0.0486 e. The molecule has 2 heteroatoms. The molecule has 4 rings (SSSR count). The molecule has 0 saturated heterocycles. The van der Waals surface area contributed by atoms with Crippen molar-refractivity contribution in [1.82, 2.24) is 10.3 Å². The zero-order chi connectivity index (χ0) is 14.4. The number of rotatable bonds is 2. The summed E-state index contributed by atoms with van der Waals surface area (Å²) in [5.74, 6) is 0.481. The molecule has 1 aliphatic rings. The van der Waals surface area contributed by atoms with Gasteiger partial charge in [0.05, 0.1) is 0 Å². The van der Waals surface area contributed by atoms with Gasteiger partial charge >= 0.3 is 0 Å². The third-order valence-corrected chi connectivity index (χ3v) is 4.90. The SMILES string of the molecule is CNC1CC(c2c[nH]c3c(C)cccc23)c2ccccc21. The first-order valence-corrected chi connectivity index (χ1v) is 7.62. The van der Waals surface area contributed by atoms with Crippen molar-refractivity contribution in [1.29, 1.82) is 0 Å². The minimum absolute atomic E-state index is 0.459. The number of aryl methyl sites for hydroxylation is 1. The Kier molecular flexibility index (Phi) is 2.86. The molecule has 1 aromatic heterocycles. The zero-order valence-electron chi connectivity index (χ0n) is 12.5. The van der Waals surface area contributed by atoms with Gasteiger partial charge in [-0.2, -0.15) is 0 Å². The topological polar surface area (TPSA) is 27.8 Å². The van der Waals surface area contributed by atoms with Crippen LogP contribution in [-0.4, -0.2) is 12.0 Å². The third-order valence-electron chi connectivity index (χ3n) is 4.90. The normalized spacial score (nSPS) is 20.9. The fourth-order valence-corrected chi connectivity index (χ4v) is 3.82. The molecule has 1 heterocycles. The van der Waals surface area contributed by atoms with Gasteiger partial charge in [0, 0.05) is 29.1 Å². The average Bonchev–Trinajstić information content (AvgIpc) is 3.09. The first kappa shape index (κ1) is 12.7. The van der Waals surface area contributed by atoms with Crippen LogP contribution in [-0.2, 0) is 0 Å². The Morgan fingerprint density at radius 2 is 1.81 bits per heavy atom. The summed E-state index contributed by atoms with van der Waals surface area (Å²) < 4.78 is 0. The zero-order valence-corrected chi connectivity index (χ0v) is 12.5. The smallest absolute Gasteiger partial charge is 0.0486 e. The van der Waals surface area contributed by atoms with Crippen molar-refractivity contribution >= 4 is 10.9 Å². The van der Waals surface area contributed by atoms with Crippen LogP contribution in [0.2, 0.25) is 0 Å². The summed E-state index contributed by atoms with van der Waals surface area (Å²) in [6.45, 7) is 2.17. The predicted octanol–water partition coefficient (Wildman–Crippen LogP) is 4.27. The van der Waals surface area contributed by atoms with Gasteiger partial charge in [0.25, 0.3) is 0 Å². The monoisotopic (exact) mass is 276 g/mol. The number of para-hydroxylation sites is 1. The Balaban J connectivity index is 1.89. The summed E-state index contributed by atoms with van der Waals surface area (Å²) in [5.41, 5.74) is 6.94. The Hall–Kier alpha value is -2.06. The van der Waals surface area contributed by atoms with Crippen LogP contribution in [0.4, 0.5) is 0 Å². The molecule has 2 unspecified atom stereocenters. The fraction of sp³-hybridized carbons (Fsp3) is 0.263. The molecule has 2 N–H and O–H groups in total. The van der Waals surface area contributed by atoms with Gasteiger partial charge in [0.15, 0.2) is 0 Å². The van der Waals surface area contributed by atoms with E-state index in [2.05, 4.69) is 72.9 Å². The van der Waals surface area contributed by atoms with Gasteiger partial charge in [-0.05, 0) is 42.6 Å². The highest BCUT2D eigenvalue weighted by Crippen LogP contribution is 2.45. The summed E-state index contributed by atoms with van der Waals surface area (Å²) in [6.07, 6.45) is 3.34. The number of aromatic amines is 1. The predicted molar refractivity (Wildman–Crippen MR) is 87.7 cm³/mol. The molecule has 1 aliphatic carbocycles.